The predicted molar refractivity (Wildman–Crippen MR) is 74.6 cm³/mol. The summed E-state index contributed by atoms with van der Waals surface area (Å²) in [5, 5.41) is 11.0. The number of nitrogens with zero attached hydrogens (tertiary/aromatic N) is 1. The molecule has 2 aromatic rings. The Labute approximate surface area is 107 Å². The fourth-order valence-electron chi connectivity index (χ4n) is 1.75. The van der Waals surface area contributed by atoms with Gasteiger partial charge in [-0.2, -0.15) is 0 Å². The van der Waals surface area contributed by atoms with Crippen molar-refractivity contribution in [2.45, 2.75) is 20.8 Å². The third kappa shape index (κ3) is 2.94. The van der Waals surface area contributed by atoms with Gasteiger partial charge in [-0.1, -0.05) is 56.3 Å². The van der Waals surface area contributed by atoms with Crippen LogP contribution in [0, 0.1) is 17.0 Å². The molecule has 0 bridgehead atoms. The van der Waals surface area contributed by atoms with Crippen molar-refractivity contribution in [2.24, 2.45) is 0 Å². The summed E-state index contributed by atoms with van der Waals surface area (Å²) in [7, 11) is 0. The van der Waals surface area contributed by atoms with E-state index in [1.165, 1.54) is 0 Å². The van der Waals surface area contributed by atoms with Crippen LogP contribution >= 0.6 is 0 Å². The number of nitro groups is 1. The van der Waals surface area contributed by atoms with Gasteiger partial charge in [0.2, 0.25) is 0 Å². The Morgan fingerprint density at radius 1 is 0.944 bits per heavy atom. The molecule has 0 fully saturated rings. The van der Waals surface area contributed by atoms with E-state index in [4.69, 9.17) is 0 Å². The van der Waals surface area contributed by atoms with Crippen molar-refractivity contribution in [1.82, 2.24) is 0 Å². The van der Waals surface area contributed by atoms with E-state index in [1.54, 1.807) is 19.1 Å². The zero-order chi connectivity index (χ0) is 13.5. The van der Waals surface area contributed by atoms with E-state index < -0.39 is 0 Å². The minimum absolute atomic E-state index is 0.189. The summed E-state index contributed by atoms with van der Waals surface area (Å²) in [5.74, 6) is 0. The minimum atomic E-state index is -0.322. The predicted octanol–water partition coefficient (Wildman–Crippen LogP) is 4.60. The maximum Gasteiger partial charge on any atom is 0.280 e. The second kappa shape index (κ2) is 6.55. The lowest BCUT2D eigenvalue weighted by molar-refractivity contribution is -0.384. The molecule has 0 saturated heterocycles. The molecule has 0 spiro atoms. The summed E-state index contributed by atoms with van der Waals surface area (Å²) in [5.41, 5.74) is 2.42. The van der Waals surface area contributed by atoms with Gasteiger partial charge in [0.05, 0.1) is 10.5 Å². The fourth-order valence-corrected chi connectivity index (χ4v) is 1.75. The van der Waals surface area contributed by atoms with E-state index >= 15 is 0 Å². The van der Waals surface area contributed by atoms with E-state index in [-0.39, 0.29) is 10.6 Å². The number of aryl methyl sites for hydroxylation is 1. The summed E-state index contributed by atoms with van der Waals surface area (Å²) in [6, 6.07) is 14.8. The van der Waals surface area contributed by atoms with Crippen LogP contribution < -0.4 is 0 Å². The Morgan fingerprint density at radius 2 is 1.56 bits per heavy atom. The van der Waals surface area contributed by atoms with Crippen LogP contribution in [0.3, 0.4) is 0 Å². The van der Waals surface area contributed by atoms with Crippen LogP contribution in [0.15, 0.2) is 48.5 Å². The molecule has 0 aliphatic rings. The quantitative estimate of drug-likeness (QED) is 0.571. The highest BCUT2D eigenvalue weighted by molar-refractivity contribution is 5.75. The summed E-state index contributed by atoms with van der Waals surface area (Å²) in [4.78, 5) is 10.7. The van der Waals surface area contributed by atoms with Crippen LogP contribution in [-0.2, 0) is 0 Å². The highest BCUT2D eigenvalue weighted by Crippen LogP contribution is 2.31. The largest absolute Gasteiger partial charge is 0.280 e. The van der Waals surface area contributed by atoms with Gasteiger partial charge in [0, 0.05) is 5.56 Å². The maximum absolute atomic E-state index is 11.0. The summed E-state index contributed by atoms with van der Waals surface area (Å²) in [6.07, 6.45) is 0. The van der Waals surface area contributed by atoms with Crippen molar-refractivity contribution < 1.29 is 4.92 Å². The molecule has 0 unspecified atom stereocenters. The van der Waals surface area contributed by atoms with Crippen molar-refractivity contribution in [2.75, 3.05) is 0 Å². The van der Waals surface area contributed by atoms with Gasteiger partial charge < -0.3 is 0 Å². The van der Waals surface area contributed by atoms with Gasteiger partial charge in [-0.15, -0.1) is 0 Å². The molecule has 0 aliphatic carbocycles. The minimum Gasteiger partial charge on any atom is -0.258 e. The van der Waals surface area contributed by atoms with Gasteiger partial charge in [0.25, 0.3) is 5.69 Å². The second-order valence-corrected chi connectivity index (χ2v) is 3.59. The van der Waals surface area contributed by atoms with E-state index in [0.29, 0.717) is 11.1 Å². The van der Waals surface area contributed by atoms with Crippen molar-refractivity contribution in [3.05, 3.63) is 64.2 Å². The van der Waals surface area contributed by atoms with Crippen LogP contribution in [-0.4, -0.2) is 4.92 Å². The molecule has 0 saturated carbocycles. The van der Waals surface area contributed by atoms with Gasteiger partial charge in [-0.25, -0.2) is 0 Å². The van der Waals surface area contributed by atoms with Crippen LogP contribution in [0.4, 0.5) is 5.69 Å². The molecule has 0 atom stereocenters. The molecule has 3 heteroatoms. The highest BCUT2D eigenvalue weighted by Gasteiger charge is 2.17. The first kappa shape index (κ1) is 13.9. The zero-order valence-electron chi connectivity index (χ0n) is 10.9. The molecule has 94 valence electrons. The molecule has 2 rings (SSSR count). The molecule has 2 aromatic carbocycles. The summed E-state index contributed by atoms with van der Waals surface area (Å²) >= 11 is 0. The Kier molecular flexibility index (Phi) is 5.06. The van der Waals surface area contributed by atoms with E-state index in [1.807, 2.05) is 50.2 Å². The van der Waals surface area contributed by atoms with Crippen LogP contribution in [0.2, 0.25) is 0 Å². The topological polar surface area (TPSA) is 43.1 Å². The zero-order valence-corrected chi connectivity index (χ0v) is 10.9. The van der Waals surface area contributed by atoms with E-state index in [2.05, 4.69) is 0 Å². The molecule has 0 aliphatic heterocycles. The van der Waals surface area contributed by atoms with Crippen LogP contribution in [0.1, 0.15) is 19.4 Å². The SMILES string of the molecule is CC.Cc1cccc(-c2ccccc2)c1[N+](=O)[O-]. The smallest absolute Gasteiger partial charge is 0.258 e. The lowest BCUT2D eigenvalue weighted by atomic mass is 10.0. The van der Waals surface area contributed by atoms with Crippen LogP contribution in [0.25, 0.3) is 11.1 Å². The van der Waals surface area contributed by atoms with Gasteiger partial charge in [0.1, 0.15) is 0 Å². The average molecular weight is 243 g/mol. The normalized spacial score (nSPS) is 9.28. The first-order valence-electron chi connectivity index (χ1n) is 5.99. The average Bonchev–Trinajstić information content (AvgIpc) is 2.41. The third-order valence-corrected chi connectivity index (χ3v) is 2.51. The van der Waals surface area contributed by atoms with E-state index in [0.717, 1.165) is 5.56 Å². The van der Waals surface area contributed by atoms with Gasteiger partial charge in [-0.05, 0) is 18.6 Å². The van der Waals surface area contributed by atoms with Crippen molar-refractivity contribution in [1.29, 1.82) is 0 Å². The lowest BCUT2D eigenvalue weighted by Crippen LogP contribution is -1.94. The first-order chi connectivity index (χ1) is 8.70. The number of rotatable bonds is 2. The number of nitro benzene ring substituents is 1. The Balaban J connectivity index is 0.000000771. The third-order valence-electron chi connectivity index (χ3n) is 2.51. The first-order valence-corrected chi connectivity index (χ1v) is 5.99. The van der Waals surface area contributed by atoms with Crippen LogP contribution in [0.5, 0.6) is 0 Å². The second-order valence-electron chi connectivity index (χ2n) is 3.59. The maximum atomic E-state index is 11.0. The van der Waals surface area contributed by atoms with Crippen molar-refractivity contribution in [3.8, 4) is 11.1 Å². The standard InChI is InChI=1S/C13H11NO2.C2H6/c1-10-6-5-9-12(13(10)14(15)16)11-7-3-2-4-8-11;1-2/h2-9H,1H3;1-2H3. The fraction of sp³-hybridized carbons (Fsp3) is 0.200. The Hall–Kier alpha value is -2.16. The van der Waals surface area contributed by atoms with E-state index in [9.17, 15) is 10.1 Å². The monoisotopic (exact) mass is 243 g/mol. The molecule has 0 amide bonds. The molecule has 0 aromatic heterocycles. The Morgan fingerprint density at radius 3 is 2.11 bits per heavy atom. The highest BCUT2D eigenvalue weighted by atomic mass is 16.6. The molecule has 18 heavy (non-hydrogen) atoms. The molecular formula is C15H17NO2. The summed E-state index contributed by atoms with van der Waals surface area (Å²) in [6.45, 7) is 5.75. The molecule has 3 nitrogen and oxygen atoms in total. The number of hydrogen-bond donors (Lipinski definition) is 0. The van der Waals surface area contributed by atoms with Crippen molar-refractivity contribution >= 4 is 5.69 Å². The molecule has 0 N–H and O–H groups in total. The Bertz CT molecular complexity index is 521. The van der Waals surface area contributed by atoms with Crippen molar-refractivity contribution in [3.63, 3.8) is 0 Å². The number of para-hydroxylation sites is 1. The number of hydrogen-bond acceptors (Lipinski definition) is 2. The molecular weight excluding hydrogens is 226 g/mol. The molecule has 0 radical (unpaired) electrons. The van der Waals surface area contributed by atoms with Gasteiger partial charge in [-0.3, -0.25) is 10.1 Å². The summed E-state index contributed by atoms with van der Waals surface area (Å²) < 4.78 is 0. The molecule has 0 heterocycles. The lowest BCUT2D eigenvalue weighted by Gasteiger charge is -2.04. The number of benzene rings is 2. The van der Waals surface area contributed by atoms with Gasteiger partial charge in [0.15, 0.2) is 0 Å². The van der Waals surface area contributed by atoms with Gasteiger partial charge >= 0.3 is 0 Å².